The van der Waals surface area contributed by atoms with Crippen LogP contribution < -0.4 is 5.32 Å². The Hall–Kier alpha value is -1.69. The molecule has 0 radical (unpaired) electrons. The number of likely N-dealkylation sites (N-methyl/N-ethyl adjacent to an activating group) is 1. The van der Waals surface area contributed by atoms with Crippen LogP contribution in [0.1, 0.15) is 23.6 Å². The van der Waals surface area contributed by atoms with E-state index in [2.05, 4.69) is 5.32 Å². The minimum atomic E-state index is -0.566. The summed E-state index contributed by atoms with van der Waals surface area (Å²) in [6, 6.07) is 12.7. The van der Waals surface area contributed by atoms with Crippen molar-refractivity contribution in [1.29, 1.82) is 0 Å². The van der Waals surface area contributed by atoms with Gasteiger partial charge in [-0.25, -0.2) is 0 Å². The molecule has 0 unspecified atom stereocenters. The van der Waals surface area contributed by atoms with Crippen molar-refractivity contribution >= 4 is 46.8 Å². The summed E-state index contributed by atoms with van der Waals surface area (Å²) >= 11 is 13.8. The SMILES string of the molecule is CNC(=O)[C@@H](C)N(Cc1ccc(C)cc1)C(=O)CSCc1c(Cl)cccc1Cl. The fraction of sp³-hybridized carbons (Fsp3) is 0.333. The number of aryl methyl sites for hydroxylation is 1. The van der Waals surface area contributed by atoms with E-state index in [4.69, 9.17) is 23.2 Å². The summed E-state index contributed by atoms with van der Waals surface area (Å²) in [5.41, 5.74) is 2.94. The van der Waals surface area contributed by atoms with Crippen LogP contribution in [0.3, 0.4) is 0 Å². The van der Waals surface area contributed by atoms with Gasteiger partial charge in [-0.15, -0.1) is 11.8 Å². The van der Waals surface area contributed by atoms with Crippen LogP contribution in [0.25, 0.3) is 0 Å². The molecular weight excluding hydrogens is 415 g/mol. The fourth-order valence-electron chi connectivity index (χ4n) is 2.68. The number of carbonyl (C=O) groups excluding carboxylic acids is 2. The molecule has 2 amide bonds. The Balaban J connectivity index is 2.07. The standard InChI is InChI=1S/C21H24Cl2N2O2S/c1-14-7-9-16(10-8-14)11-25(15(2)21(27)24-3)20(26)13-28-12-17-18(22)5-4-6-19(17)23/h4-10,15H,11-13H2,1-3H3,(H,24,27)/t15-/m1/s1. The number of carbonyl (C=O) groups is 2. The smallest absolute Gasteiger partial charge is 0.242 e. The first-order valence-corrected chi connectivity index (χ1v) is 10.8. The highest BCUT2D eigenvalue weighted by molar-refractivity contribution is 7.99. The largest absolute Gasteiger partial charge is 0.357 e. The third-order valence-electron chi connectivity index (χ3n) is 4.42. The number of thioether (sulfide) groups is 1. The van der Waals surface area contributed by atoms with Crippen molar-refractivity contribution in [2.75, 3.05) is 12.8 Å². The summed E-state index contributed by atoms with van der Waals surface area (Å²) in [4.78, 5) is 26.6. The van der Waals surface area contributed by atoms with Crippen LogP contribution in [-0.2, 0) is 21.9 Å². The first kappa shape index (κ1) is 22.6. The molecule has 0 aliphatic rings. The highest BCUT2D eigenvalue weighted by Crippen LogP contribution is 2.28. The molecule has 0 bridgehead atoms. The van der Waals surface area contributed by atoms with Gasteiger partial charge in [0.25, 0.3) is 0 Å². The van der Waals surface area contributed by atoms with Crippen LogP contribution in [0.4, 0.5) is 0 Å². The molecule has 0 spiro atoms. The van der Waals surface area contributed by atoms with E-state index in [1.165, 1.54) is 11.8 Å². The van der Waals surface area contributed by atoms with E-state index < -0.39 is 6.04 Å². The Bertz CT molecular complexity index is 807. The maximum Gasteiger partial charge on any atom is 0.242 e. The second-order valence-electron chi connectivity index (χ2n) is 6.49. The predicted octanol–water partition coefficient (Wildman–Crippen LogP) is 4.70. The maximum atomic E-state index is 12.9. The van der Waals surface area contributed by atoms with E-state index in [1.807, 2.05) is 31.2 Å². The Morgan fingerprint density at radius 2 is 1.71 bits per heavy atom. The van der Waals surface area contributed by atoms with E-state index in [0.717, 1.165) is 16.7 Å². The molecule has 0 saturated carbocycles. The number of nitrogens with zero attached hydrogens (tertiary/aromatic N) is 1. The minimum Gasteiger partial charge on any atom is -0.357 e. The zero-order valence-corrected chi connectivity index (χ0v) is 18.5. The van der Waals surface area contributed by atoms with Gasteiger partial charge < -0.3 is 10.2 Å². The molecule has 150 valence electrons. The summed E-state index contributed by atoms with van der Waals surface area (Å²) in [5, 5.41) is 3.79. The lowest BCUT2D eigenvalue weighted by molar-refractivity contribution is -0.138. The molecule has 2 aromatic rings. The maximum absolute atomic E-state index is 12.9. The van der Waals surface area contributed by atoms with Gasteiger partial charge in [0, 0.05) is 29.4 Å². The van der Waals surface area contributed by atoms with Crippen molar-refractivity contribution < 1.29 is 9.59 Å². The molecule has 28 heavy (non-hydrogen) atoms. The lowest BCUT2D eigenvalue weighted by atomic mass is 10.1. The topological polar surface area (TPSA) is 49.4 Å². The molecule has 0 heterocycles. The van der Waals surface area contributed by atoms with Gasteiger partial charge in [-0.05, 0) is 37.1 Å². The number of halogens is 2. The molecule has 2 aromatic carbocycles. The molecular formula is C21H24Cl2N2O2S. The normalized spacial score (nSPS) is 11.8. The van der Waals surface area contributed by atoms with Crippen molar-refractivity contribution in [2.24, 2.45) is 0 Å². The highest BCUT2D eigenvalue weighted by atomic mass is 35.5. The van der Waals surface area contributed by atoms with Crippen molar-refractivity contribution in [3.63, 3.8) is 0 Å². The van der Waals surface area contributed by atoms with Crippen LogP contribution in [-0.4, -0.2) is 35.6 Å². The monoisotopic (exact) mass is 438 g/mol. The van der Waals surface area contributed by atoms with Crippen LogP contribution in [0.2, 0.25) is 10.0 Å². The van der Waals surface area contributed by atoms with Crippen molar-refractivity contribution in [2.45, 2.75) is 32.2 Å². The highest BCUT2D eigenvalue weighted by Gasteiger charge is 2.25. The molecule has 0 aliphatic carbocycles. The van der Waals surface area contributed by atoms with Crippen LogP contribution >= 0.6 is 35.0 Å². The third-order valence-corrected chi connectivity index (χ3v) is 6.07. The zero-order chi connectivity index (χ0) is 20.7. The van der Waals surface area contributed by atoms with Gasteiger partial charge >= 0.3 is 0 Å². The van der Waals surface area contributed by atoms with Crippen molar-refractivity contribution in [3.05, 3.63) is 69.2 Å². The van der Waals surface area contributed by atoms with Gasteiger partial charge in [0.1, 0.15) is 6.04 Å². The second-order valence-corrected chi connectivity index (χ2v) is 8.29. The van der Waals surface area contributed by atoms with E-state index >= 15 is 0 Å². The lowest BCUT2D eigenvalue weighted by Crippen LogP contribution is -2.47. The summed E-state index contributed by atoms with van der Waals surface area (Å²) in [5.74, 6) is 0.454. The van der Waals surface area contributed by atoms with Gasteiger partial charge in [-0.2, -0.15) is 0 Å². The molecule has 4 nitrogen and oxygen atoms in total. The van der Waals surface area contributed by atoms with Crippen LogP contribution in [0.15, 0.2) is 42.5 Å². The first-order chi connectivity index (χ1) is 13.3. The van der Waals surface area contributed by atoms with Gasteiger partial charge in [-0.1, -0.05) is 59.1 Å². The molecule has 1 atom stereocenters. The molecule has 7 heteroatoms. The summed E-state index contributed by atoms with van der Waals surface area (Å²) < 4.78 is 0. The number of hydrogen-bond donors (Lipinski definition) is 1. The summed E-state index contributed by atoms with van der Waals surface area (Å²) in [6.07, 6.45) is 0. The molecule has 0 aliphatic heterocycles. The van der Waals surface area contributed by atoms with Gasteiger partial charge in [0.05, 0.1) is 5.75 Å². The Kier molecular flexibility index (Phi) is 8.67. The number of hydrogen-bond acceptors (Lipinski definition) is 3. The van der Waals surface area contributed by atoms with Gasteiger partial charge in [0.15, 0.2) is 0 Å². The third kappa shape index (κ3) is 6.16. The second kappa shape index (κ2) is 10.7. The number of rotatable bonds is 8. The van der Waals surface area contributed by atoms with E-state index in [9.17, 15) is 9.59 Å². The molecule has 0 fully saturated rings. The summed E-state index contributed by atoms with van der Waals surface area (Å²) in [6.45, 7) is 4.12. The van der Waals surface area contributed by atoms with Crippen LogP contribution in [0, 0.1) is 6.92 Å². The van der Waals surface area contributed by atoms with Crippen molar-refractivity contribution in [1.82, 2.24) is 10.2 Å². The number of nitrogens with one attached hydrogen (secondary N) is 1. The Morgan fingerprint density at radius 3 is 2.29 bits per heavy atom. The molecule has 0 saturated heterocycles. The quantitative estimate of drug-likeness (QED) is 0.649. The van der Waals surface area contributed by atoms with Crippen molar-refractivity contribution in [3.8, 4) is 0 Å². The average molecular weight is 439 g/mol. The fourth-order valence-corrected chi connectivity index (χ4v) is 4.32. The molecule has 2 rings (SSSR count). The van der Waals surface area contributed by atoms with Crippen LogP contribution in [0.5, 0.6) is 0 Å². The molecule has 1 N–H and O–H groups in total. The van der Waals surface area contributed by atoms with E-state index in [-0.39, 0.29) is 17.6 Å². The van der Waals surface area contributed by atoms with E-state index in [1.54, 1.807) is 37.1 Å². The average Bonchev–Trinajstić information content (AvgIpc) is 2.68. The Labute approximate surface area is 180 Å². The first-order valence-electron chi connectivity index (χ1n) is 8.90. The number of benzene rings is 2. The van der Waals surface area contributed by atoms with Gasteiger partial charge in [-0.3, -0.25) is 9.59 Å². The van der Waals surface area contributed by atoms with E-state index in [0.29, 0.717) is 22.3 Å². The lowest BCUT2D eigenvalue weighted by Gasteiger charge is -2.28. The Morgan fingerprint density at radius 1 is 1.11 bits per heavy atom. The number of amides is 2. The molecule has 0 aromatic heterocycles. The summed E-state index contributed by atoms with van der Waals surface area (Å²) in [7, 11) is 1.57. The predicted molar refractivity (Wildman–Crippen MR) is 118 cm³/mol. The zero-order valence-electron chi connectivity index (χ0n) is 16.2. The minimum absolute atomic E-state index is 0.107. The van der Waals surface area contributed by atoms with Gasteiger partial charge in [0.2, 0.25) is 11.8 Å².